The third-order valence-electron chi connectivity index (χ3n) is 2.42. The smallest absolute Gasteiger partial charge is 0.249 e. The molecule has 108 valence electrons. The minimum atomic E-state index is -1.77. The fourth-order valence-corrected chi connectivity index (χ4v) is 1.31. The highest BCUT2D eigenvalue weighted by Gasteiger charge is 2.36. The van der Waals surface area contributed by atoms with Crippen molar-refractivity contribution >= 4 is 5.91 Å². The summed E-state index contributed by atoms with van der Waals surface area (Å²) in [6.45, 7) is 0.947. The zero-order valence-corrected chi connectivity index (χ0v) is 10.4. The first-order valence-corrected chi connectivity index (χ1v) is 5.51. The quantitative estimate of drug-likeness (QED) is 0.286. The number of methoxy groups -OCH3 is 1. The van der Waals surface area contributed by atoms with E-state index in [0.717, 1.165) is 0 Å². The maximum absolute atomic E-state index is 11.2. The Morgan fingerprint density at radius 2 is 1.83 bits per heavy atom. The number of carbonyl (C=O) groups excluding carboxylic acids is 1. The molecule has 0 saturated heterocycles. The average Bonchev–Trinajstić information content (AvgIpc) is 2.37. The van der Waals surface area contributed by atoms with Crippen molar-refractivity contribution in [2.75, 3.05) is 13.7 Å². The summed E-state index contributed by atoms with van der Waals surface area (Å²) in [5.74, 6) is -1.01. The van der Waals surface area contributed by atoms with E-state index in [1.165, 1.54) is 7.11 Å². The maximum Gasteiger partial charge on any atom is 0.249 e. The molecule has 8 heteroatoms. The van der Waals surface area contributed by atoms with E-state index in [2.05, 4.69) is 0 Å². The molecule has 1 unspecified atom stereocenters. The summed E-state index contributed by atoms with van der Waals surface area (Å²) in [7, 11) is 1.34. The number of amides is 1. The Bertz CT molecular complexity index is 246. The first-order chi connectivity index (χ1) is 8.38. The van der Waals surface area contributed by atoms with Crippen LogP contribution in [-0.4, -0.2) is 70.8 Å². The molecule has 18 heavy (non-hydrogen) atoms. The zero-order chi connectivity index (χ0) is 14.3. The van der Waals surface area contributed by atoms with E-state index in [4.69, 9.17) is 20.3 Å². The molecule has 0 spiro atoms. The van der Waals surface area contributed by atoms with E-state index < -0.39 is 43.2 Å². The van der Waals surface area contributed by atoms with Gasteiger partial charge in [0.1, 0.15) is 18.3 Å². The van der Waals surface area contributed by atoms with Gasteiger partial charge >= 0.3 is 0 Å². The summed E-state index contributed by atoms with van der Waals surface area (Å²) in [5.41, 5.74) is 5.04. The Morgan fingerprint density at radius 3 is 2.17 bits per heavy atom. The first-order valence-electron chi connectivity index (χ1n) is 5.51. The van der Waals surface area contributed by atoms with Crippen LogP contribution in [0.1, 0.15) is 13.3 Å². The lowest BCUT2D eigenvalue weighted by Crippen LogP contribution is -2.52. The second kappa shape index (κ2) is 8.35. The van der Waals surface area contributed by atoms with Crippen LogP contribution in [0.15, 0.2) is 0 Å². The summed E-state index contributed by atoms with van der Waals surface area (Å²) in [5, 5.41) is 37.0. The Morgan fingerprint density at radius 1 is 1.28 bits per heavy atom. The number of hydrogen-bond donors (Lipinski definition) is 5. The zero-order valence-electron chi connectivity index (χ0n) is 10.4. The minimum absolute atomic E-state index is 0.394. The molecule has 0 aliphatic heterocycles. The van der Waals surface area contributed by atoms with Crippen molar-refractivity contribution in [3.8, 4) is 0 Å². The molecule has 0 radical (unpaired) electrons. The number of hydrogen-bond acceptors (Lipinski definition) is 7. The van der Waals surface area contributed by atoms with Crippen LogP contribution in [-0.2, 0) is 14.3 Å². The van der Waals surface area contributed by atoms with Gasteiger partial charge in [-0.15, -0.1) is 0 Å². The maximum atomic E-state index is 11.2. The number of rotatable bonds is 9. The predicted octanol–water partition coefficient (Wildman–Crippen LogP) is -2.69. The molecule has 0 aromatic heterocycles. The molecular formula is C10H21NO7. The molecule has 0 rings (SSSR count). The molecule has 8 nitrogen and oxygen atoms in total. The van der Waals surface area contributed by atoms with Gasteiger partial charge in [0, 0.05) is 7.11 Å². The molecule has 0 aliphatic carbocycles. The fraction of sp³-hybridized carbons (Fsp3) is 0.900. The Labute approximate surface area is 105 Å². The van der Waals surface area contributed by atoms with Crippen LogP contribution in [0.5, 0.6) is 0 Å². The predicted molar refractivity (Wildman–Crippen MR) is 60.3 cm³/mol. The van der Waals surface area contributed by atoms with Gasteiger partial charge in [0.15, 0.2) is 12.4 Å². The molecule has 5 atom stereocenters. The van der Waals surface area contributed by atoms with Gasteiger partial charge in [0.05, 0.1) is 6.61 Å². The van der Waals surface area contributed by atoms with Crippen molar-refractivity contribution in [3.05, 3.63) is 0 Å². The largest absolute Gasteiger partial charge is 0.394 e. The van der Waals surface area contributed by atoms with Crippen LogP contribution < -0.4 is 5.73 Å². The van der Waals surface area contributed by atoms with E-state index in [0.29, 0.717) is 6.42 Å². The lowest BCUT2D eigenvalue weighted by atomic mass is 10.0. The van der Waals surface area contributed by atoms with Crippen molar-refractivity contribution in [1.29, 1.82) is 0 Å². The Balaban J connectivity index is 4.73. The van der Waals surface area contributed by atoms with Crippen LogP contribution in [0.2, 0.25) is 0 Å². The molecule has 6 N–H and O–H groups in total. The average molecular weight is 267 g/mol. The normalized spacial score (nSPS) is 19.9. The highest BCUT2D eigenvalue weighted by molar-refractivity contribution is 5.79. The second-order valence-electron chi connectivity index (χ2n) is 3.76. The van der Waals surface area contributed by atoms with Crippen molar-refractivity contribution in [3.63, 3.8) is 0 Å². The van der Waals surface area contributed by atoms with E-state index in [-0.39, 0.29) is 0 Å². The van der Waals surface area contributed by atoms with Gasteiger partial charge in [0.25, 0.3) is 0 Å². The van der Waals surface area contributed by atoms with Crippen LogP contribution >= 0.6 is 0 Å². The highest BCUT2D eigenvalue weighted by Crippen LogP contribution is 2.12. The van der Waals surface area contributed by atoms with Crippen molar-refractivity contribution in [2.45, 2.75) is 44.1 Å². The summed E-state index contributed by atoms with van der Waals surface area (Å²) < 4.78 is 9.95. The van der Waals surface area contributed by atoms with Crippen molar-refractivity contribution < 1.29 is 34.7 Å². The molecule has 0 saturated carbocycles. The van der Waals surface area contributed by atoms with Crippen LogP contribution in [0.4, 0.5) is 0 Å². The second-order valence-corrected chi connectivity index (χ2v) is 3.76. The van der Waals surface area contributed by atoms with Gasteiger partial charge in [0.2, 0.25) is 5.91 Å². The summed E-state index contributed by atoms with van der Waals surface area (Å²) >= 11 is 0. The number of aliphatic hydroxyl groups is 4. The standard InChI is InChI=1S/C10H21NO7/c1-3-6(17-2)18-9(10(11)16)8(15)7(14)5(13)4-12/h5-9,12-15H,3-4H2,1-2H3,(H2,11,16)/t5-,6?,7-,8+,9-/m1/s1. The van der Waals surface area contributed by atoms with E-state index in [1.807, 2.05) is 0 Å². The number of primary amides is 1. The van der Waals surface area contributed by atoms with Gasteiger partial charge in [-0.05, 0) is 6.42 Å². The van der Waals surface area contributed by atoms with Crippen LogP contribution in [0.25, 0.3) is 0 Å². The van der Waals surface area contributed by atoms with Gasteiger partial charge in [-0.25, -0.2) is 0 Å². The van der Waals surface area contributed by atoms with Gasteiger partial charge in [-0.1, -0.05) is 6.92 Å². The van der Waals surface area contributed by atoms with E-state index in [9.17, 15) is 20.1 Å². The third-order valence-corrected chi connectivity index (χ3v) is 2.42. The van der Waals surface area contributed by atoms with Gasteiger partial charge in [-0.2, -0.15) is 0 Å². The minimum Gasteiger partial charge on any atom is -0.394 e. The van der Waals surface area contributed by atoms with Crippen molar-refractivity contribution in [2.24, 2.45) is 5.73 Å². The number of ether oxygens (including phenoxy) is 2. The Hall–Kier alpha value is -0.770. The summed E-state index contributed by atoms with van der Waals surface area (Å²) in [6.07, 6.45) is -7.07. The molecule has 0 aliphatic rings. The number of carbonyl (C=O) groups is 1. The number of nitrogens with two attached hydrogens (primary N) is 1. The van der Waals surface area contributed by atoms with Crippen molar-refractivity contribution in [1.82, 2.24) is 0 Å². The molecule has 1 amide bonds. The molecular weight excluding hydrogens is 246 g/mol. The third kappa shape index (κ3) is 4.84. The monoisotopic (exact) mass is 267 g/mol. The topological polar surface area (TPSA) is 142 Å². The van der Waals surface area contributed by atoms with Crippen LogP contribution in [0.3, 0.4) is 0 Å². The molecule has 0 aromatic carbocycles. The fourth-order valence-electron chi connectivity index (χ4n) is 1.31. The van der Waals surface area contributed by atoms with Gasteiger partial charge in [-0.3, -0.25) is 4.79 Å². The van der Waals surface area contributed by atoms with Crippen LogP contribution in [0, 0.1) is 0 Å². The molecule has 0 bridgehead atoms. The van der Waals surface area contributed by atoms with E-state index >= 15 is 0 Å². The highest BCUT2D eigenvalue weighted by atomic mass is 16.7. The van der Waals surface area contributed by atoms with E-state index in [1.54, 1.807) is 6.92 Å². The lowest BCUT2D eigenvalue weighted by Gasteiger charge is -2.29. The summed E-state index contributed by atoms with van der Waals surface area (Å²) in [4.78, 5) is 11.2. The number of aliphatic hydroxyl groups excluding tert-OH is 4. The molecule has 0 fully saturated rings. The Kier molecular flexibility index (Phi) is 8.00. The SMILES string of the molecule is CCC(OC)O[C@@H](C(N)=O)[C@@H](O)[C@H](O)[C@H](O)CO. The lowest BCUT2D eigenvalue weighted by molar-refractivity contribution is -0.203. The first kappa shape index (κ1) is 17.2. The van der Waals surface area contributed by atoms with Gasteiger partial charge < -0.3 is 35.6 Å². The molecule has 0 aromatic rings. The molecule has 0 heterocycles. The summed E-state index contributed by atoms with van der Waals surface area (Å²) in [6, 6.07) is 0.